The summed E-state index contributed by atoms with van der Waals surface area (Å²) in [5.74, 6) is -0.932. The number of nitrogens with zero attached hydrogens (tertiary/aromatic N) is 1. The van der Waals surface area contributed by atoms with E-state index in [-0.39, 0.29) is 26.1 Å². The summed E-state index contributed by atoms with van der Waals surface area (Å²) in [5, 5.41) is 21.8. The number of carboxylic acid groups (broad SMARTS) is 1. The molecular formula is C15H28N2O6. The first-order chi connectivity index (χ1) is 10.6. The smallest absolute Gasteiger partial charge is 0.410 e. The van der Waals surface area contributed by atoms with Gasteiger partial charge in [0.1, 0.15) is 5.60 Å². The summed E-state index contributed by atoms with van der Waals surface area (Å²) in [6.07, 6.45) is -0.690. The predicted octanol–water partition coefficient (Wildman–Crippen LogP) is 0.438. The van der Waals surface area contributed by atoms with Crippen LogP contribution in [0.5, 0.6) is 0 Å². The number of carbonyl (C=O) groups excluding carboxylic acids is 1. The number of ether oxygens (including phenoxy) is 2. The highest BCUT2D eigenvalue weighted by molar-refractivity contribution is 5.73. The van der Waals surface area contributed by atoms with Gasteiger partial charge < -0.3 is 29.9 Å². The second kappa shape index (κ2) is 7.94. The summed E-state index contributed by atoms with van der Waals surface area (Å²) < 4.78 is 10.1. The average molecular weight is 332 g/mol. The maximum absolute atomic E-state index is 12.0. The van der Waals surface area contributed by atoms with Crippen LogP contribution in [0, 0.1) is 0 Å². The standard InChI is InChI=1S/C15H28N2O6/c1-14(2,3)23-13(21)17-9-15(10-17,7-12(19)20)16-6-5-11(18)8-22-4/h11,16,18H,5-10H2,1-4H3,(H,19,20). The van der Waals surface area contributed by atoms with Gasteiger partial charge in [0.15, 0.2) is 0 Å². The third-order valence-electron chi connectivity index (χ3n) is 3.46. The number of likely N-dealkylation sites (tertiary alicyclic amines) is 1. The Labute approximate surface area is 136 Å². The van der Waals surface area contributed by atoms with E-state index < -0.39 is 29.3 Å². The first-order valence-electron chi connectivity index (χ1n) is 7.69. The number of hydrogen-bond acceptors (Lipinski definition) is 6. The van der Waals surface area contributed by atoms with Crippen molar-refractivity contribution in [2.24, 2.45) is 0 Å². The third-order valence-corrected chi connectivity index (χ3v) is 3.46. The molecule has 0 aromatic heterocycles. The molecule has 1 aliphatic heterocycles. The minimum Gasteiger partial charge on any atom is -0.481 e. The summed E-state index contributed by atoms with van der Waals surface area (Å²) in [6, 6.07) is 0. The highest BCUT2D eigenvalue weighted by Crippen LogP contribution is 2.26. The van der Waals surface area contributed by atoms with Gasteiger partial charge in [0.25, 0.3) is 0 Å². The average Bonchev–Trinajstić information content (AvgIpc) is 2.32. The van der Waals surface area contributed by atoms with Crippen LogP contribution in [0.4, 0.5) is 4.79 Å². The molecule has 0 aliphatic carbocycles. The normalized spacial score (nSPS) is 18.2. The number of rotatable bonds is 8. The van der Waals surface area contributed by atoms with Crippen LogP contribution in [0.15, 0.2) is 0 Å². The second-order valence-electron chi connectivity index (χ2n) is 7.01. The number of amides is 1. The van der Waals surface area contributed by atoms with Crippen molar-refractivity contribution in [3.8, 4) is 0 Å². The van der Waals surface area contributed by atoms with Gasteiger partial charge in [-0.3, -0.25) is 4.79 Å². The fourth-order valence-electron chi connectivity index (χ4n) is 2.50. The number of hydrogen-bond donors (Lipinski definition) is 3. The molecule has 134 valence electrons. The zero-order valence-electron chi connectivity index (χ0n) is 14.3. The maximum Gasteiger partial charge on any atom is 0.410 e. The summed E-state index contributed by atoms with van der Waals surface area (Å²) in [4.78, 5) is 24.5. The van der Waals surface area contributed by atoms with E-state index >= 15 is 0 Å². The topological polar surface area (TPSA) is 108 Å². The Balaban J connectivity index is 2.50. The van der Waals surface area contributed by atoms with Crippen molar-refractivity contribution >= 4 is 12.1 Å². The van der Waals surface area contributed by atoms with Gasteiger partial charge in [-0.1, -0.05) is 0 Å². The monoisotopic (exact) mass is 332 g/mol. The molecule has 1 rings (SSSR count). The predicted molar refractivity (Wildman–Crippen MR) is 83.3 cm³/mol. The van der Waals surface area contributed by atoms with Crippen LogP contribution >= 0.6 is 0 Å². The number of nitrogens with one attached hydrogen (secondary N) is 1. The van der Waals surface area contributed by atoms with Gasteiger partial charge in [-0.05, 0) is 33.7 Å². The lowest BCUT2D eigenvalue weighted by Gasteiger charge is -2.49. The zero-order chi connectivity index (χ0) is 17.7. The fourth-order valence-corrected chi connectivity index (χ4v) is 2.50. The van der Waals surface area contributed by atoms with Crippen molar-refractivity contribution < 1.29 is 29.3 Å². The highest BCUT2D eigenvalue weighted by Gasteiger charge is 2.47. The zero-order valence-corrected chi connectivity index (χ0v) is 14.3. The third kappa shape index (κ3) is 6.72. The minimum atomic E-state index is -0.932. The molecule has 0 radical (unpaired) electrons. The summed E-state index contributed by atoms with van der Waals surface area (Å²) in [6.45, 7) is 6.57. The Kier molecular flexibility index (Phi) is 6.79. The lowest BCUT2D eigenvalue weighted by atomic mass is 9.86. The molecule has 0 saturated carbocycles. The fraction of sp³-hybridized carbons (Fsp3) is 0.867. The van der Waals surface area contributed by atoms with Crippen LogP contribution in [0.25, 0.3) is 0 Å². The summed E-state index contributed by atoms with van der Waals surface area (Å²) >= 11 is 0. The van der Waals surface area contributed by atoms with E-state index in [1.165, 1.54) is 12.0 Å². The molecule has 0 aromatic carbocycles. The van der Waals surface area contributed by atoms with Crippen molar-refractivity contribution in [1.82, 2.24) is 10.2 Å². The molecule has 1 heterocycles. The minimum absolute atomic E-state index is 0.0906. The molecule has 1 fully saturated rings. The Morgan fingerprint density at radius 2 is 1.96 bits per heavy atom. The van der Waals surface area contributed by atoms with Crippen LogP contribution in [0.2, 0.25) is 0 Å². The molecule has 23 heavy (non-hydrogen) atoms. The van der Waals surface area contributed by atoms with Crippen LogP contribution in [0.1, 0.15) is 33.6 Å². The van der Waals surface area contributed by atoms with Crippen molar-refractivity contribution in [2.75, 3.05) is 33.4 Å². The largest absolute Gasteiger partial charge is 0.481 e. The van der Waals surface area contributed by atoms with Crippen LogP contribution in [0.3, 0.4) is 0 Å². The second-order valence-corrected chi connectivity index (χ2v) is 7.01. The molecular weight excluding hydrogens is 304 g/mol. The van der Waals surface area contributed by atoms with E-state index in [9.17, 15) is 14.7 Å². The van der Waals surface area contributed by atoms with Gasteiger partial charge in [0.05, 0.1) is 24.7 Å². The molecule has 1 saturated heterocycles. The first-order valence-corrected chi connectivity index (χ1v) is 7.69. The van der Waals surface area contributed by atoms with E-state index in [0.29, 0.717) is 13.0 Å². The molecule has 1 unspecified atom stereocenters. The molecule has 1 amide bonds. The molecule has 1 aliphatic rings. The van der Waals surface area contributed by atoms with Crippen molar-refractivity contribution in [2.45, 2.75) is 50.9 Å². The van der Waals surface area contributed by atoms with Gasteiger partial charge in [0, 0.05) is 20.2 Å². The van der Waals surface area contributed by atoms with Crippen LogP contribution < -0.4 is 5.32 Å². The van der Waals surface area contributed by atoms with Crippen molar-refractivity contribution in [3.05, 3.63) is 0 Å². The lowest BCUT2D eigenvalue weighted by Crippen LogP contribution is -2.71. The Morgan fingerprint density at radius 3 is 2.43 bits per heavy atom. The maximum atomic E-state index is 12.0. The van der Waals surface area contributed by atoms with E-state index in [1.54, 1.807) is 20.8 Å². The molecule has 0 bridgehead atoms. The first kappa shape index (κ1) is 19.7. The van der Waals surface area contributed by atoms with Gasteiger partial charge in [-0.15, -0.1) is 0 Å². The molecule has 0 spiro atoms. The molecule has 3 N–H and O–H groups in total. The molecule has 0 aromatic rings. The van der Waals surface area contributed by atoms with Crippen LogP contribution in [-0.2, 0) is 14.3 Å². The molecule has 8 nitrogen and oxygen atoms in total. The Bertz CT molecular complexity index is 415. The van der Waals surface area contributed by atoms with E-state index in [2.05, 4.69) is 5.32 Å². The number of aliphatic hydroxyl groups is 1. The number of carboxylic acids is 1. The Morgan fingerprint density at radius 1 is 1.35 bits per heavy atom. The Hall–Kier alpha value is -1.38. The van der Waals surface area contributed by atoms with Crippen LogP contribution in [-0.4, -0.2) is 77.8 Å². The lowest BCUT2D eigenvalue weighted by molar-refractivity contribution is -0.141. The van der Waals surface area contributed by atoms with E-state index in [1.807, 2.05) is 0 Å². The highest BCUT2D eigenvalue weighted by atomic mass is 16.6. The number of aliphatic carboxylic acids is 1. The van der Waals surface area contributed by atoms with Crippen molar-refractivity contribution in [3.63, 3.8) is 0 Å². The van der Waals surface area contributed by atoms with Gasteiger partial charge in [-0.2, -0.15) is 0 Å². The number of methoxy groups -OCH3 is 1. The molecule has 1 atom stereocenters. The van der Waals surface area contributed by atoms with Gasteiger partial charge in [0.2, 0.25) is 0 Å². The van der Waals surface area contributed by atoms with Crippen molar-refractivity contribution in [1.29, 1.82) is 0 Å². The summed E-state index contributed by atoms with van der Waals surface area (Å²) in [5.41, 5.74) is -1.25. The SMILES string of the molecule is COCC(O)CCNC1(CC(=O)O)CN(C(=O)OC(C)(C)C)C1. The summed E-state index contributed by atoms with van der Waals surface area (Å²) in [7, 11) is 1.51. The van der Waals surface area contributed by atoms with Gasteiger partial charge >= 0.3 is 12.1 Å². The number of carbonyl (C=O) groups is 2. The molecule has 8 heteroatoms. The van der Waals surface area contributed by atoms with E-state index in [4.69, 9.17) is 14.6 Å². The quantitative estimate of drug-likeness (QED) is 0.592. The van der Waals surface area contributed by atoms with E-state index in [0.717, 1.165) is 0 Å². The number of aliphatic hydroxyl groups excluding tert-OH is 1. The van der Waals surface area contributed by atoms with Gasteiger partial charge in [-0.25, -0.2) is 4.79 Å².